The molecule has 0 aliphatic heterocycles. The molecule has 2 aromatic rings. The van der Waals surface area contributed by atoms with Crippen molar-refractivity contribution in [2.75, 3.05) is 26.0 Å². The van der Waals surface area contributed by atoms with Crippen LogP contribution in [-0.2, 0) is 4.74 Å². The van der Waals surface area contributed by atoms with Gasteiger partial charge in [-0.3, -0.25) is 10.8 Å². The van der Waals surface area contributed by atoms with Crippen LogP contribution in [0.15, 0.2) is 36.4 Å². The number of nitrogens with one attached hydrogen (secondary N) is 2. The summed E-state index contributed by atoms with van der Waals surface area (Å²) in [6.45, 7) is 4.62. The van der Waals surface area contributed by atoms with Crippen molar-refractivity contribution in [1.82, 2.24) is 9.88 Å². The molecule has 29 heavy (non-hydrogen) atoms. The van der Waals surface area contributed by atoms with Crippen LogP contribution in [0.5, 0.6) is 5.75 Å². The van der Waals surface area contributed by atoms with Crippen molar-refractivity contribution < 1.29 is 14.3 Å². The van der Waals surface area contributed by atoms with Crippen LogP contribution in [0, 0.1) is 23.7 Å². The zero-order valence-electron chi connectivity index (χ0n) is 16.9. The number of amidine groups is 1. The molecule has 0 spiro atoms. The molecule has 8 heteroatoms. The van der Waals surface area contributed by atoms with Crippen LogP contribution in [0.4, 0.5) is 5.82 Å². The van der Waals surface area contributed by atoms with Crippen molar-refractivity contribution >= 4 is 24.0 Å². The number of carbonyl (C=O) groups is 1. The molecular formula is C21H27N5O3. The van der Waals surface area contributed by atoms with Gasteiger partial charge in [0.05, 0.1) is 20.1 Å². The highest BCUT2D eigenvalue weighted by Gasteiger charge is 2.19. The fraction of sp³-hybridized carbons (Fsp3) is 0.333. The van der Waals surface area contributed by atoms with Crippen molar-refractivity contribution in [3.8, 4) is 5.75 Å². The second-order valence-corrected chi connectivity index (χ2v) is 6.65. The molecule has 0 bridgehead atoms. The minimum absolute atomic E-state index is 0.0183. The van der Waals surface area contributed by atoms with Gasteiger partial charge in [0.2, 0.25) is 0 Å². The van der Waals surface area contributed by atoms with Gasteiger partial charge in [0.25, 0.3) is 0 Å². The number of aryl methyl sites for hydroxylation is 1. The molecule has 0 aliphatic carbocycles. The number of nitrogen functional groups attached to an aromatic ring is 1. The van der Waals surface area contributed by atoms with Crippen molar-refractivity contribution in [3.63, 3.8) is 0 Å². The first-order valence-electron chi connectivity index (χ1n) is 9.30. The van der Waals surface area contributed by atoms with Crippen molar-refractivity contribution in [1.29, 1.82) is 10.8 Å². The van der Waals surface area contributed by atoms with E-state index in [0.717, 1.165) is 18.3 Å². The van der Waals surface area contributed by atoms with Crippen LogP contribution >= 0.6 is 0 Å². The average molecular weight is 397 g/mol. The number of hydrogen-bond donors (Lipinski definition) is 3. The standard InChI is InChI=1S/C21H27N5O3/c1-4-15(11-26(13-22)20(24)17-6-5-7-19(23)25-17)12-29-18-9-8-14(2)10-16(18)21(27)28-3/h5-10,13,15,22,24H,4,11-12H2,1-3H3,(H2,23,25). The molecule has 0 aliphatic rings. The quantitative estimate of drug-likeness (QED) is 0.339. The number of hydrogen-bond acceptors (Lipinski definition) is 7. The van der Waals surface area contributed by atoms with Crippen molar-refractivity contribution in [2.24, 2.45) is 5.92 Å². The van der Waals surface area contributed by atoms with E-state index in [1.54, 1.807) is 30.3 Å². The van der Waals surface area contributed by atoms with Gasteiger partial charge in [-0.25, -0.2) is 9.78 Å². The predicted molar refractivity (Wildman–Crippen MR) is 113 cm³/mol. The molecule has 1 unspecified atom stereocenters. The second-order valence-electron chi connectivity index (χ2n) is 6.65. The number of carbonyl (C=O) groups excluding carboxylic acids is 1. The number of pyridine rings is 1. The molecule has 1 atom stereocenters. The molecule has 0 fully saturated rings. The van der Waals surface area contributed by atoms with Gasteiger partial charge in [0.1, 0.15) is 22.8 Å². The number of nitrogens with two attached hydrogens (primary N) is 1. The first kappa shape index (κ1) is 21.9. The first-order chi connectivity index (χ1) is 13.9. The van der Waals surface area contributed by atoms with E-state index in [1.165, 1.54) is 12.0 Å². The Kier molecular flexibility index (Phi) is 7.70. The number of methoxy groups -OCH3 is 1. The Balaban J connectivity index is 2.09. The van der Waals surface area contributed by atoms with E-state index >= 15 is 0 Å². The van der Waals surface area contributed by atoms with Crippen LogP contribution in [0.25, 0.3) is 0 Å². The molecule has 0 amide bonds. The van der Waals surface area contributed by atoms with Crippen LogP contribution in [0.3, 0.4) is 0 Å². The van der Waals surface area contributed by atoms with Gasteiger partial charge in [-0.2, -0.15) is 0 Å². The topological polar surface area (TPSA) is 125 Å². The summed E-state index contributed by atoms with van der Waals surface area (Å²) in [5.74, 6) is 0.436. The van der Waals surface area contributed by atoms with Crippen molar-refractivity contribution in [2.45, 2.75) is 20.3 Å². The Morgan fingerprint density at radius 2 is 2.10 bits per heavy atom. The minimum Gasteiger partial charge on any atom is -0.492 e. The van der Waals surface area contributed by atoms with Gasteiger partial charge in [0, 0.05) is 12.5 Å². The molecule has 1 aromatic heterocycles. The zero-order valence-corrected chi connectivity index (χ0v) is 16.9. The summed E-state index contributed by atoms with van der Waals surface area (Å²) in [5.41, 5.74) is 7.41. The third-order valence-electron chi connectivity index (χ3n) is 4.50. The van der Waals surface area contributed by atoms with E-state index in [1.807, 2.05) is 19.9 Å². The summed E-state index contributed by atoms with van der Waals surface area (Å²) in [4.78, 5) is 17.7. The molecule has 0 saturated carbocycles. The first-order valence-corrected chi connectivity index (χ1v) is 9.30. The van der Waals surface area contributed by atoms with Gasteiger partial charge in [-0.1, -0.05) is 24.6 Å². The predicted octanol–water partition coefficient (Wildman–Crippen LogP) is 3.10. The lowest BCUT2D eigenvalue weighted by molar-refractivity contribution is 0.0595. The maximum absolute atomic E-state index is 12.0. The maximum Gasteiger partial charge on any atom is 0.341 e. The van der Waals surface area contributed by atoms with Crippen molar-refractivity contribution in [3.05, 3.63) is 53.2 Å². The molecule has 0 saturated heterocycles. The summed E-state index contributed by atoms with van der Waals surface area (Å²) in [5, 5.41) is 16.0. The molecule has 1 aromatic carbocycles. The van der Waals surface area contributed by atoms with Gasteiger partial charge < -0.3 is 20.1 Å². The highest BCUT2D eigenvalue weighted by molar-refractivity contribution is 6.00. The smallest absolute Gasteiger partial charge is 0.341 e. The van der Waals surface area contributed by atoms with E-state index < -0.39 is 5.97 Å². The highest BCUT2D eigenvalue weighted by Crippen LogP contribution is 2.22. The lowest BCUT2D eigenvalue weighted by Gasteiger charge is -2.25. The SMILES string of the molecule is CCC(COc1ccc(C)cc1C(=O)OC)CN(C=N)C(=N)c1cccc(N)n1. The maximum atomic E-state index is 12.0. The summed E-state index contributed by atoms with van der Waals surface area (Å²) in [6, 6.07) is 10.4. The highest BCUT2D eigenvalue weighted by atomic mass is 16.5. The summed E-state index contributed by atoms with van der Waals surface area (Å²) in [7, 11) is 1.33. The normalized spacial score (nSPS) is 11.4. The van der Waals surface area contributed by atoms with Crippen LogP contribution < -0.4 is 10.5 Å². The number of rotatable bonds is 9. The molecule has 1 heterocycles. The Hall–Kier alpha value is -3.42. The van der Waals surface area contributed by atoms with E-state index in [0.29, 0.717) is 36.0 Å². The Labute approximate surface area is 170 Å². The van der Waals surface area contributed by atoms with Gasteiger partial charge >= 0.3 is 5.97 Å². The molecule has 8 nitrogen and oxygen atoms in total. The number of aromatic nitrogens is 1. The Bertz CT molecular complexity index is 884. The van der Waals surface area contributed by atoms with Crippen LogP contribution in [-0.4, -0.2) is 48.3 Å². The monoisotopic (exact) mass is 397 g/mol. The van der Waals surface area contributed by atoms with Crippen LogP contribution in [0.1, 0.15) is 35.0 Å². The third kappa shape index (κ3) is 5.78. The van der Waals surface area contributed by atoms with E-state index in [4.69, 9.17) is 26.0 Å². The van der Waals surface area contributed by atoms with Gasteiger partial charge in [0.15, 0.2) is 5.84 Å². The van der Waals surface area contributed by atoms with E-state index in [9.17, 15) is 4.79 Å². The van der Waals surface area contributed by atoms with E-state index in [2.05, 4.69) is 4.98 Å². The largest absolute Gasteiger partial charge is 0.492 e. The van der Waals surface area contributed by atoms with Gasteiger partial charge in [-0.15, -0.1) is 0 Å². The third-order valence-corrected chi connectivity index (χ3v) is 4.50. The minimum atomic E-state index is -0.451. The summed E-state index contributed by atoms with van der Waals surface area (Å²) < 4.78 is 10.7. The average Bonchev–Trinajstić information content (AvgIpc) is 2.73. The molecular weight excluding hydrogens is 370 g/mol. The summed E-state index contributed by atoms with van der Waals surface area (Å²) in [6.07, 6.45) is 1.86. The summed E-state index contributed by atoms with van der Waals surface area (Å²) >= 11 is 0. The van der Waals surface area contributed by atoms with E-state index in [-0.39, 0.29) is 11.8 Å². The molecule has 154 valence electrons. The fourth-order valence-corrected chi connectivity index (χ4v) is 2.76. The number of anilines is 1. The number of ether oxygens (including phenoxy) is 2. The van der Waals surface area contributed by atoms with Crippen LogP contribution in [0.2, 0.25) is 0 Å². The fourth-order valence-electron chi connectivity index (χ4n) is 2.76. The number of nitrogens with zero attached hydrogens (tertiary/aromatic N) is 2. The molecule has 2 rings (SSSR count). The Morgan fingerprint density at radius 1 is 1.34 bits per heavy atom. The van der Waals surface area contributed by atoms with Gasteiger partial charge in [-0.05, 0) is 37.6 Å². The lowest BCUT2D eigenvalue weighted by Crippen LogP contribution is -2.36. The molecule has 0 radical (unpaired) electrons. The number of esters is 1. The number of benzene rings is 1. The lowest BCUT2D eigenvalue weighted by atomic mass is 10.1. The molecule has 4 N–H and O–H groups in total. The zero-order chi connectivity index (χ0) is 21.4. The second kappa shape index (κ2) is 10.2. The Morgan fingerprint density at radius 3 is 2.72 bits per heavy atom.